The molecule has 7 heteroatoms. The maximum absolute atomic E-state index is 12.7. The summed E-state index contributed by atoms with van der Waals surface area (Å²) in [6.45, 7) is 3.85. The Morgan fingerprint density at radius 1 is 1.28 bits per heavy atom. The number of nitrogens with zero attached hydrogens (tertiary/aromatic N) is 2. The van der Waals surface area contributed by atoms with E-state index in [1.165, 1.54) is 4.31 Å². The fourth-order valence-electron chi connectivity index (χ4n) is 2.61. The Morgan fingerprint density at radius 2 is 2.06 bits per heavy atom. The SMILES string of the molecule is CC1CCCCN1S(=O)(=O)N1CCOCC1CCl. The highest BCUT2D eigenvalue weighted by molar-refractivity contribution is 7.86. The van der Waals surface area contributed by atoms with Gasteiger partial charge in [-0.15, -0.1) is 11.6 Å². The molecule has 2 fully saturated rings. The van der Waals surface area contributed by atoms with Crippen LogP contribution in [0, 0.1) is 0 Å². The van der Waals surface area contributed by atoms with Gasteiger partial charge in [-0.05, 0) is 19.8 Å². The average Bonchev–Trinajstić information content (AvgIpc) is 2.39. The normalized spacial score (nSPS) is 32.6. The Labute approximate surface area is 114 Å². The predicted molar refractivity (Wildman–Crippen MR) is 71.0 cm³/mol. The van der Waals surface area contributed by atoms with Crippen LogP contribution in [0.3, 0.4) is 0 Å². The third-order valence-electron chi connectivity index (χ3n) is 3.69. The number of ether oxygens (including phenoxy) is 1. The molecule has 2 unspecified atom stereocenters. The summed E-state index contributed by atoms with van der Waals surface area (Å²) < 4.78 is 33.8. The van der Waals surface area contributed by atoms with Crippen LogP contribution in [-0.4, -0.2) is 61.3 Å². The lowest BCUT2D eigenvalue weighted by Gasteiger charge is -2.40. The molecule has 0 aromatic rings. The van der Waals surface area contributed by atoms with Crippen LogP contribution in [0.1, 0.15) is 26.2 Å². The van der Waals surface area contributed by atoms with Crippen molar-refractivity contribution in [3.05, 3.63) is 0 Å². The van der Waals surface area contributed by atoms with Gasteiger partial charge in [-0.3, -0.25) is 0 Å². The maximum atomic E-state index is 12.7. The van der Waals surface area contributed by atoms with Crippen LogP contribution in [0.15, 0.2) is 0 Å². The van der Waals surface area contributed by atoms with Gasteiger partial charge in [0.05, 0.1) is 19.3 Å². The minimum Gasteiger partial charge on any atom is -0.378 e. The van der Waals surface area contributed by atoms with Crippen molar-refractivity contribution < 1.29 is 13.2 Å². The van der Waals surface area contributed by atoms with Gasteiger partial charge in [-0.1, -0.05) is 6.42 Å². The Balaban J connectivity index is 2.17. The van der Waals surface area contributed by atoms with E-state index in [1.54, 1.807) is 4.31 Å². The van der Waals surface area contributed by atoms with E-state index in [0.717, 1.165) is 19.3 Å². The largest absolute Gasteiger partial charge is 0.378 e. The summed E-state index contributed by atoms with van der Waals surface area (Å²) in [5.74, 6) is 0.279. The van der Waals surface area contributed by atoms with E-state index in [-0.39, 0.29) is 18.0 Å². The van der Waals surface area contributed by atoms with E-state index in [0.29, 0.717) is 26.3 Å². The third-order valence-corrected chi connectivity index (χ3v) is 6.25. The number of hydrogen-bond acceptors (Lipinski definition) is 3. The number of piperidine rings is 1. The van der Waals surface area contributed by atoms with Gasteiger partial charge in [0.25, 0.3) is 10.2 Å². The third kappa shape index (κ3) is 2.82. The molecule has 2 aliphatic rings. The minimum absolute atomic E-state index is 0.0857. The quantitative estimate of drug-likeness (QED) is 0.731. The number of rotatable bonds is 3. The molecular formula is C11H21ClN2O3S. The zero-order valence-electron chi connectivity index (χ0n) is 10.7. The van der Waals surface area contributed by atoms with Crippen LogP contribution >= 0.6 is 11.6 Å². The number of morpholine rings is 1. The average molecular weight is 297 g/mol. The fraction of sp³-hybridized carbons (Fsp3) is 1.00. The summed E-state index contributed by atoms with van der Waals surface area (Å²) in [4.78, 5) is 0. The Bertz CT molecular complexity index is 376. The summed E-state index contributed by atoms with van der Waals surface area (Å²) in [6.07, 6.45) is 2.99. The summed E-state index contributed by atoms with van der Waals surface area (Å²) in [6, 6.07) is -0.151. The smallest absolute Gasteiger partial charge is 0.282 e. The Hall–Kier alpha value is 0.120. The van der Waals surface area contributed by atoms with Gasteiger partial charge in [-0.2, -0.15) is 17.0 Å². The molecule has 106 valence electrons. The summed E-state index contributed by atoms with van der Waals surface area (Å²) in [5.41, 5.74) is 0. The van der Waals surface area contributed by atoms with Crippen LogP contribution in [0.2, 0.25) is 0 Å². The van der Waals surface area contributed by atoms with E-state index < -0.39 is 10.2 Å². The standard InChI is InChI=1S/C11H21ClN2O3S/c1-10-4-2-3-5-13(10)18(15,16)14-6-7-17-9-11(14)8-12/h10-11H,2-9H2,1H3. The van der Waals surface area contributed by atoms with Crippen LogP contribution < -0.4 is 0 Å². The van der Waals surface area contributed by atoms with Crippen LogP contribution in [0.4, 0.5) is 0 Å². The van der Waals surface area contributed by atoms with Crippen LogP contribution in [-0.2, 0) is 14.9 Å². The van der Waals surface area contributed by atoms with Crippen LogP contribution in [0.5, 0.6) is 0 Å². The second kappa shape index (κ2) is 6.05. The fourth-order valence-corrected chi connectivity index (χ4v) is 4.96. The van der Waals surface area contributed by atoms with Crippen molar-refractivity contribution in [2.75, 3.05) is 32.2 Å². The molecule has 0 aromatic carbocycles. The zero-order valence-corrected chi connectivity index (χ0v) is 12.3. The topological polar surface area (TPSA) is 49.9 Å². The van der Waals surface area contributed by atoms with Crippen molar-refractivity contribution in [1.82, 2.24) is 8.61 Å². The lowest BCUT2D eigenvalue weighted by molar-refractivity contribution is 0.0361. The van der Waals surface area contributed by atoms with Crippen molar-refractivity contribution in [1.29, 1.82) is 0 Å². The first-order valence-electron chi connectivity index (χ1n) is 6.49. The summed E-state index contributed by atoms with van der Waals surface area (Å²) in [5, 5.41) is 0. The molecule has 0 saturated carbocycles. The second-order valence-corrected chi connectivity index (χ2v) is 7.10. The lowest BCUT2D eigenvalue weighted by atomic mass is 10.1. The van der Waals surface area contributed by atoms with Gasteiger partial charge in [0.15, 0.2) is 0 Å². The Morgan fingerprint density at radius 3 is 2.72 bits per heavy atom. The molecule has 2 saturated heterocycles. The molecule has 2 aliphatic heterocycles. The molecule has 0 bridgehead atoms. The van der Waals surface area contributed by atoms with Crippen molar-refractivity contribution in [2.24, 2.45) is 0 Å². The summed E-state index contributed by atoms with van der Waals surface area (Å²) in [7, 11) is -3.39. The van der Waals surface area contributed by atoms with E-state index in [9.17, 15) is 8.42 Å². The highest BCUT2D eigenvalue weighted by atomic mass is 35.5. The number of alkyl halides is 1. The lowest BCUT2D eigenvalue weighted by Crippen LogP contribution is -2.57. The molecule has 2 rings (SSSR count). The molecule has 2 heterocycles. The van der Waals surface area contributed by atoms with Crippen molar-refractivity contribution in [3.8, 4) is 0 Å². The maximum Gasteiger partial charge on any atom is 0.282 e. The molecule has 0 aromatic heterocycles. The first-order valence-corrected chi connectivity index (χ1v) is 8.43. The molecule has 5 nitrogen and oxygen atoms in total. The highest BCUT2D eigenvalue weighted by Gasteiger charge is 2.39. The molecular weight excluding hydrogens is 276 g/mol. The molecule has 0 radical (unpaired) electrons. The molecule has 18 heavy (non-hydrogen) atoms. The van der Waals surface area contributed by atoms with Crippen LogP contribution in [0.25, 0.3) is 0 Å². The van der Waals surface area contributed by atoms with Gasteiger partial charge in [0, 0.05) is 25.0 Å². The molecule has 0 N–H and O–H groups in total. The number of hydrogen-bond donors (Lipinski definition) is 0. The molecule has 0 spiro atoms. The number of halogens is 1. The van der Waals surface area contributed by atoms with Crippen molar-refractivity contribution in [3.63, 3.8) is 0 Å². The van der Waals surface area contributed by atoms with E-state index >= 15 is 0 Å². The van der Waals surface area contributed by atoms with Gasteiger partial charge in [-0.25, -0.2) is 0 Å². The van der Waals surface area contributed by atoms with Crippen molar-refractivity contribution in [2.45, 2.75) is 38.3 Å². The van der Waals surface area contributed by atoms with E-state index in [4.69, 9.17) is 16.3 Å². The first-order chi connectivity index (χ1) is 8.57. The monoisotopic (exact) mass is 296 g/mol. The molecule has 0 amide bonds. The molecule has 0 aliphatic carbocycles. The van der Waals surface area contributed by atoms with Gasteiger partial charge < -0.3 is 4.74 Å². The van der Waals surface area contributed by atoms with Crippen molar-refractivity contribution >= 4 is 21.8 Å². The van der Waals surface area contributed by atoms with E-state index in [2.05, 4.69) is 0 Å². The molecule has 2 atom stereocenters. The van der Waals surface area contributed by atoms with Gasteiger partial charge in [0.1, 0.15) is 0 Å². The zero-order chi connectivity index (χ0) is 13.2. The van der Waals surface area contributed by atoms with E-state index in [1.807, 2.05) is 6.92 Å². The van der Waals surface area contributed by atoms with Gasteiger partial charge in [0.2, 0.25) is 0 Å². The highest BCUT2D eigenvalue weighted by Crippen LogP contribution is 2.24. The summed E-state index contributed by atoms with van der Waals surface area (Å²) >= 11 is 5.85. The van der Waals surface area contributed by atoms with Gasteiger partial charge >= 0.3 is 0 Å². The second-order valence-electron chi connectivity index (χ2n) is 4.96. The first kappa shape index (κ1) is 14.5. The minimum atomic E-state index is -3.39. The Kier molecular flexibility index (Phi) is 4.88. The predicted octanol–water partition coefficient (Wildman–Crippen LogP) is 1.05.